The predicted molar refractivity (Wildman–Crippen MR) is 93.1 cm³/mol. The van der Waals surface area contributed by atoms with Gasteiger partial charge in [-0.1, -0.05) is 18.2 Å². The maximum atomic E-state index is 13.8. The van der Waals surface area contributed by atoms with Gasteiger partial charge in [-0.2, -0.15) is 0 Å². The van der Waals surface area contributed by atoms with Crippen LogP contribution in [0.15, 0.2) is 66.9 Å². The van der Waals surface area contributed by atoms with E-state index in [1.165, 1.54) is 23.2 Å². The molecule has 1 aromatic heterocycles. The van der Waals surface area contributed by atoms with Gasteiger partial charge in [0, 0.05) is 30.7 Å². The van der Waals surface area contributed by atoms with Crippen molar-refractivity contribution in [2.75, 3.05) is 17.3 Å². The van der Waals surface area contributed by atoms with Crippen LogP contribution in [0.3, 0.4) is 0 Å². The van der Waals surface area contributed by atoms with Crippen LogP contribution in [0.2, 0.25) is 0 Å². The molecule has 0 fully saturated rings. The summed E-state index contributed by atoms with van der Waals surface area (Å²) in [6, 6.07) is 15.5. The first-order chi connectivity index (χ1) is 12.0. The van der Waals surface area contributed by atoms with E-state index in [9.17, 15) is 13.6 Å². The summed E-state index contributed by atoms with van der Waals surface area (Å²) in [5.41, 5.74) is 1.53. The molecule has 0 aliphatic carbocycles. The van der Waals surface area contributed by atoms with Crippen LogP contribution in [0.1, 0.15) is 10.5 Å². The van der Waals surface area contributed by atoms with Crippen molar-refractivity contribution >= 4 is 23.0 Å². The number of hydrogen-bond donors (Lipinski definition) is 1. The summed E-state index contributed by atoms with van der Waals surface area (Å²) in [5.74, 6) is -1.67. The van der Waals surface area contributed by atoms with E-state index in [1.807, 2.05) is 30.3 Å². The van der Waals surface area contributed by atoms with E-state index in [-0.39, 0.29) is 17.3 Å². The number of para-hydroxylation sites is 1. The average molecular weight is 339 g/mol. The molecule has 1 amide bonds. The lowest BCUT2D eigenvalue weighted by atomic mass is 10.2. The maximum Gasteiger partial charge on any atom is 0.276 e. The summed E-state index contributed by atoms with van der Waals surface area (Å²) in [4.78, 5) is 18.1. The first-order valence-electron chi connectivity index (χ1n) is 7.56. The van der Waals surface area contributed by atoms with Gasteiger partial charge in [-0.15, -0.1) is 0 Å². The molecule has 1 N–H and O–H groups in total. The fourth-order valence-corrected chi connectivity index (χ4v) is 2.31. The molecule has 3 rings (SSSR count). The summed E-state index contributed by atoms with van der Waals surface area (Å²) in [6.07, 6.45) is 1.45. The quantitative estimate of drug-likeness (QED) is 0.767. The number of nitrogens with zero attached hydrogens (tertiary/aromatic N) is 2. The van der Waals surface area contributed by atoms with E-state index in [2.05, 4.69) is 10.3 Å². The number of halogens is 2. The summed E-state index contributed by atoms with van der Waals surface area (Å²) in [5, 5.41) is 2.82. The van der Waals surface area contributed by atoms with E-state index in [0.29, 0.717) is 5.69 Å². The number of nitrogens with one attached hydrogen (secondary N) is 1. The Labute approximate surface area is 143 Å². The first kappa shape index (κ1) is 16.6. The van der Waals surface area contributed by atoms with Crippen LogP contribution in [0.25, 0.3) is 0 Å². The molecule has 25 heavy (non-hydrogen) atoms. The van der Waals surface area contributed by atoms with Gasteiger partial charge in [-0.3, -0.25) is 9.78 Å². The lowest BCUT2D eigenvalue weighted by molar-refractivity contribution is 0.0988. The molecule has 0 spiro atoms. The number of carbonyl (C=O) groups is 1. The summed E-state index contributed by atoms with van der Waals surface area (Å²) < 4.78 is 26.7. The summed E-state index contributed by atoms with van der Waals surface area (Å²) >= 11 is 0. The van der Waals surface area contributed by atoms with Crippen molar-refractivity contribution in [1.82, 2.24) is 4.98 Å². The van der Waals surface area contributed by atoms with Gasteiger partial charge in [0.05, 0.1) is 5.69 Å². The Hall–Kier alpha value is -3.28. The second-order valence-corrected chi connectivity index (χ2v) is 5.38. The third kappa shape index (κ3) is 3.80. The molecule has 3 aromatic rings. The molecule has 1 heterocycles. The zero-order chi connectivity index (χ0) is 17.8. The highest BCUT2D eigenvalue weighted by Crippen LogP contribution is 2.22. The second-order valence-electron chi connectivity index (χ2n) is 5.38. The molecular weight excluding hydrogens is 324 g/mol. The molecule has 0 bridgehead atoms. The third-order valence-electron chi connectivity index (χ3n) is 3.64. The fraction of sp³-hybridized carbons (Fsp3) is 0.0526. The Morgan fingerprint density at radius 1 is 1.04 bits per heavy atom. The molecule has 0 aliphatic heterocycles. The topological polar surface area (TPSA) is 45.2 Å². The molecule has 0 aliphatic rings. The normalized spacial score (nSPS) is 10.4. The van der Waals surface area contributed by atoms with Gasteiger partial charge in [0.15, 0.2) is 0 Å². The predicted octanol–water partition coefficient (Wildman–Crippen LogP) is 4.38. The van der Waals surface area contributed by atoms with Crippen molar-refractivity contribution in [3.63, 3.8) is 0 Å². The van der Waals surface area contributed by atoms with Crippen LogP contribution >= 0.6 is 0 Å². The second kappa shape index (κ2) is 7.09. The first-order valence-corrected chi connectivity index (χ1v) is 7.56. The van der Waals surface area contributed by atoms with Crippen molar-refractivity contribution in [3.8, 4) is 0 Å². The van der Waals surface area contributed by atoms with Crippen LogP contribution < -0.4 is 10.2 Å². The Morgan fingerprint density at radius 2 is 1.80 bits per heavy atom. The van der Waals surface area contributed by atoms with Gasteiger partial charge in [-0.25, -0.2) is 8.78 Å². The minimum atomic E-state index is -0.717. The molecule has 0 saturated heterocycles. The van der Waals surface area contributed by atoms with E-state index < -0.39 is 11.6 Å². The van der Waals surface area contributed by atoms with Crippen molar-refractivity contribution in [2.45, 2.75) is 0 Å². The van der Waals surface area contributed by atoms with Crippen molar-refractivity contribution in [2.24, 2.45) is 0 Å². The number of hydrogen-bond acceptors (Lipinski definition) is 3. The van der Waals surface area contributed by atoms with Crippen LogP contribution in [-0.4, -0.2) is 17.9 Å². The van der Waals surface area contributed by atoms with Gasteiger partial charge in [0.2, 0.25) is 0 Å². The SMILES string of the molecule is CN(C(=O)c1cc(Nc2ccc(F)cc2F)ccn1)c1ccccc1. The lowest BCUT2D eigenvalue weighted by Crippen LogP contribution is -2.27. The lowest BCUT2D eigenvalue weighted by Gasteiger charge is -2.17. The minimum absolute atomic E-state index is 0.113. The van der Waals surface area contributed by atoms with Gasteiger partial charge in [0.25, 0.3) is 5.91 Å². The smallest absolute Gasteiger partial charge is 0.276 e. The number of rotatable bonds is 4. The van der Waals surface area contributed by atoms with E-state index >= 15 is 0 Å². The molecule has 0 saturated carbocycles. The third-order valence-corrected chi connectivity index (χ3v) is 3.64. The monoisotopic (exact) mass is 339 g/mol. The standard InChI is InChI=1S/C19H15F2N3O/c1-24(15-5-3-2-4-6-15)19(25)18-12-14(9-10-22-18)23-17-8-7-13(20)11-16(17)21/h2-12H,1H3,(H,22,23). The molecular formula is C19H15F2N3O. The van der Waals surface area contributed by atoms with Gasteiger partial charge >= 0.3 is 0 Å². The van der Waals surface area contributed by atoms with Crippen molar-refractivity contribution < 1.29 is 13.6 Å². The van der Waals surface area contributed by atoms with Gasteiger partial charge < -0.3 is 10.2 Å². The van der Waals surface area contributed by atoms with Gasteiger partial charge in [-0.05, 0) is 36.4 Å². The van der Waals surface area contributed by atoms with E-state index in [1.54, 1.807) is 13.1 Å². The Morgan fingerprint density at radius 3 is 2.52 bits per heavy atom. The molecule has 0 atom stereocenters. The fourth-order valence-electron chi connectivity index (χ4n) is 2.31. The van der Waals surface area contributed by atoms with E-state index in [0.717, 1.165) is 17.8 Å². The largest absolute Gasteiger partial charge is 0.353 e. The zero-order valence-corrected chi connectivity index (χ0v) is 13.4. The van der Waals surface area contributed by atoms with Crippen molar-refractivity contribution in [3.05, 3.63) is 84.2 Å². The number of amides is 1. The van der Waals surface area contributed by atoms with Gasteiger partial charge in [0.1, 0.15) is 17.3 Å². The van der Waals surface area contributed by atoms with Crippen molar-refractivity contribution in [1.29, 1.82) is 0 Å². The Kier molecular flexibility index (Phi) is 4.70. The summed E-state index contributed by atoms with van der Waals surface area (Å²) in [7, 11) is 1.65. The number of benzene rings is 2. The number of anilines is 3. The molecule has 0 unspecified atom stereocenters. The number of carbonyl (C=O) groups excluding carboxylic acids is 1. The van der Waals surface area contributed by atoms with Crippen LogP contribution in [0.4, 0.5) is 25.8 Å². The zero-order valence-electron chi connectivity index (χ0n) is 13.4. The molecule has 4 nitrogen and oxygen atoms in total. The molecule has 126 valence electrons. The Bertz CT molecular complexity index is 900. The maximum absolute atomic E-state index is 13.8. The van der Waals surface area contributed by atoms with E-state index in [4.69, 9.17) is 0 Å². The summed E-state index contributed by atoms with van der Waals surface area (Å²) in [6.45, 7) is 0. The van der Waals surface area contributed by atoms with Crippen LogP contribution in [0.5, 0.6) is 0 Å². The minimum Gasteiger partial charge on any atom is -0.353 e. The Balaban J connectivity index is 1.82. The highest BCUT2D eigenvalue weighted by Gasteiger charge is 2.15. The van der Waals surface area contributed by atoms with Crippen LogP contribution in [-0.2, 0) is 0 Å². The molecule has 6 heteroatoms. The average Bonchev–Trinajstić information content (AvgIpc) is 2.64. The highest BCUT2D eigenvalue weighted by atomic mass is 19.1. The number of aromatic nitrogens is 1. The highest BCUT2D eigenvalue weighted by molar-refractivity contribution is 6.04. The molecule has 0 radical (unpaired) electrons. The molecule has 2 aromatic carbocycles. The van der Waals surface area contributed by atoms with Crippen LogP contribution in [0, 0.1) is 11.6 Å². The number of pyridine rings is 1.